The van der Waals surface area contributed by atoms with Crippen molar-refractivity contribution in [2.45, 2.75) is 64.8 Å². The minimum absolute atomic E-state index is 0.0267. The molecule has 4 N–H and O–H groups in total. The van der Waals surface area contributed by atoms with E-state index in [0.717, 1.165) is 5.56 Å². The number of carbonyl (C=O) groups excluding carboxylic acids is 5. The molecule has 3 atom stereocenters. The molecule has 3 unspecified atom stereocenters. The van der Waals surface area contributed by atoms with E-state index in [9.17, 15) is 24.0 Å². The third kappa shape index (κ3) is 9.63. The van der Waals surface area contributed by atoms with Crippen molar-refractivity contribution in [3.05, 3.63) is 35.9 Å². The number of benzene rings is 1. The zero-order chi connectivity index (χ0) is 25.8. The zero-order valence-electron chi connectivity index (χ0n) is 20.3. The van der Waals surface area contributed by atoms with E-state index in [1.165, 1.54) is 6.92 Å². The van der Waals surface area contributed by atoms with Crippen molar-refractivity contribution < 1.29 is 33.4 Å². The molecule has 0 aromatic heterocycles. The van der Waals surface area contributed by atoms with Crippen LogP contribution in [-0.2, 0) is 35.3 Å². The predicted molar refractivity (Wildman–Crippen MR) is 126 cm³/mol. The third-order valence-corrected chi connectivity index (χ3v) is 5.33. The minimum Gasteiger partial charge on any atom is -0.461 e. The normalized spacial score (nSPS) is 22.9. The van der Waals surface area contributed by atoms with Gasteiger partial charge >= 0.3 is 12.1 Å². The van der Waals surface area contributed by atoms with Crippen LogP contribution in [-0.4, -0.2) is 61.1 Å². The Bertz CT molecular complexity index is 891. The van der Waals surface area contributed by atoms with Gasteiger partial charge in [-0.1, -0.05) is 44.2 Å². The minimum atomic E-state index is -1.33. The lowest BCUT2D eigenvalue weighted by Gasteiger charge is -2.24. The standard InChI is InChI=1S/C24H34N4O7/c1-15(2)20-23(32)34-14-18(27-24(33)35-13-17-9-5-4-6-10-17)22(31)26-16(3)21(30)25-12-8-7-11-19(29)28-20/h4-6,9-10,15-16,18,20H,7-8,11-14H2,1-3H3,(H,25,30)(H,26,31)(H,27,33)(H,28,29). The van der Waals surface area contributed by atoms with Crippen molar-refractivity contribution in [2.75, 3.05) is 13.2 Å². The molecule has 1 aliphatic heterocycles. The lowest BCUT2D eigenvalue weighted by molar-refractivity contribution is -0.151. The molecule has 1 aromatic rings. The number of amides is 4. The number of hydrogen-bond acceptors (Lipinski definition) is 7. The number of rotatable bonds is 4. The van der Waals surface area contributed by atoms with Gasteiger partial charge in [-0.2, -0.15) is 0 Å². The molecule has 11 heteroatoms. The van der Waals surface area contributed by atoms with E-state index < -0.39 is 48.6 Å². The van der Waals surface area contributed by atoms with Crippen LogP contribution in [0.25, 0.3) is 0 Å². The summed E-state index contributed by atoms with van der Waals surface area (Å²) in [6.07, 6.45) is 0.360. The Morgan fingerprint density at radius 2 is 1.80 bits per heavy atom. The van der Waals surface area contributed by atoms with Crippen LogP contribution in [0.1, 0.15) is 45.6 Å². The van der Waals surface area contributed by atoms with Gasteiger partial charge in [0.2, 0.25) is 17.7 Å². The average molecular weight is 491 g/mol. The molecule has 1 heterocycles. The van der Waals surface area contributed by atoms with Crippen molar-refractivity contribution in [1.29, 1.82) is 0 Å². The van der Waals surface area contributed by atoms with Crippen molar-refractivity contribution >= 4 is 29.8 Å². The first-order valence-corrected chi connectivity index (χ1v) is 11.7. The fourth-order valence-electron chi connectivity index (χ4n) is 3.24. The molecule has 1 saturated heterocycles. The Morgan fingerprint density at radius 1 is 1.09 bits per heavy atom. The van der Waals surface area contributed by atoms with Crippen LogP contribution >= 0.6 is 0 Å². The Kier molecular flexibility index (Phi) is 11.0. The second-order valence-electron chi connectivity index (χ2n) is 8.66. The Labute approximate surface area is 204 Å². The van der Waals surface area contributed by atoms with Gasteiger partial charge in [0.25, 0.3) is 0 Å². The van der Waals surface area contributed by atoms with Gasteiger partial charge in [0.05, 0.1) is 0 Å². The lowest BCUT2D eigenvalue weighted by Crippen LogP contribution is -2.55. The Morgan fingerprint density at radius 3 is 2.49 bits per heavy atom. The molecular formula is C24H34N4O7. The largest absolute Gasteiger partial charge is 0.461 e. The van der Waals surface area contributed by atoms with Crippen LogP contribution < -0.4 is 21.3 Å². The number of nitrogens with one attached hydrogen (secondary N) is 4. The SMILES string of the molecule is CC1NC(=O)C(NC(=O)OCc2ccccc2)COC(=O)C(C(C)C)NC(=O)CCCCNC1=O. The first-order valence-electron chi connectivity index (χ1n) is 11.7. The van der Waals surface area contributed by atoms with Gasteiger partial charge in [0.15, 0.2) is 0 Å². The van der Waals surface area contributed by atoms with Gasteiger partial charge in [-0.3, -0.25) is 14.4 Å². The molecule has 192 valence electrons. The van der Waals surface area contributed by atoms with Crippen LogP contribution in [0.15, 0.2) is 30.3 Å². The highest BCUT2D eigenvalue weighted by Crippen LogP contribution is 2.07. The van der Waals surface area contributed by atoms with Crippen molar-refractivity contribution in [3.8, 4) is 0 Å². The van der Waals surface area contributed by atoms with Crippen LogP contribution in [0.2, 0.25) is 0 Å². The molecule has 0 aliphatic carbocycles. The van der Waals surface area contributed by atoms with Crippen molar-refractivity contribution in [3.63, 3.8) is 0 Å². The maximum atomic E-state index is 12.8. The van der Waals surface area contributed by atoms with E-state index in [0.29, 0.717) is 19.4 Å². The zero-order valence-corrected chi connectivity index (χ0v) is 20.3. The van der Waals surface area contributed by atoms with Crippen molar-refractivity contribution in [2.24, 2.45) is 5.92 Å². The molecular weight excluding hydrogens is 456 g/mol. The molecule has 0 saturated carbocycles. The fraction of sp³-hybridized carbons (Fsp3) is 0.542. The smallest absolute Gasteiger partial charge is 0.408 e. The summed E-state index contributed by atoms with van der Waals surface area (Å²) < 4.78 is 10.4. The van der Waals surface area contributed by atoms with Crippen LogP contribution in [0.4, 0.5) is 4.79 Å². The molecule has 4 amide bonds. The Hall–Kier alpha value is -3.63. The van der Waals surface area contributed by atoms with Gasteiger partial charge in [0, 0.05) is 13.0 Å². The molecule has 1 aliphatic rings. The summed E-state index contributed by atoms with van der Waals surface area (Å²) in [5.41, 5.74) is 0.748. The third-order valence-electron chi connectivity index (χ3n) is 5.33. The molecule has 1 aromatic carbocycles. The first-order chi connectivity index (χ1) is 16.7. The van der Waals surface area contributed by atoms with Crippen LogP contribution in [0, 0.1) is 5.92 Å². The molecule has 1 fully saturated rings. The number of ether oxygens (including phenoxy) is 2. The molecule has 2 rings (SSSR count). The van der Waals surface area contributed by atoms with Gasteiger partial charge in [-0.15, -0.1) is 0 Å². The van der Waals surface area contributed by atoms with Gasteiger partial charge < -0.3 is 30.7 Å². The van der Waals surface area contributed by atoms with Gasteiger partial charge in [-0.05, 0) is 31.2 Å². The van der Waals surface area contributed by atoms with E-state index >= 15 is 0 Å². The second kappa shape index (κ2) is 13.9. The van der Waals surface area contributed by atoms with E-state index in [4.69, 9.17) is 9.47 Å². The molecule has 0 spiro atoms. The number of cyclic esters (lactones) is 1. The number of alkyl carbamates (subject to hydrolysis) is 1. The molecule has 0 bridgehead atoms. The van der Waals surface area contributed by atoms with E-state index in [2.05, 4.69) is 21.3 Å². The number of hydrogen-bond donors (Lipinski definition) is 4. The number of esters is 1. The highest BCUT2D eigenvalue weighted by atomic mass is 16.6. The summed E-state index contributed by atoms with van der Waals surface area (Å²) in [4.78, 5) is 62.4. The van der Waals surface area contributed by atoms with Gasteiger partial charge in [-0.25, -0.2) is 9.59 Å². The molecule has 11 nitrogen and oxygen atoms in total. The van der Waals surface area contributed by atoms with E-state index in [1.54, 1.807) is 38.1 Å². The summed E-state index contributed by atoms with van der Waals surface area (Å²) in [6, 6.07) is 5.82. The van der Waals surface area contributed by atoms with E-state index in [-0.39, 0.29) is 24.9 Å². The summed E-state index contributed by atoms with van der Waals surface area (Å²) in [7, 11) is 0. The highest BCUT2D eigenvalue weighted by molar-refractivity contribution is 5.91. The Balaban J connectivity index is 2.12. The maximum Gasteiger partial charge on any atom is 0.408 e. The predicted octanol–water partition coefficient (Wildman–Crippen LogP) is 0.770. The highest BCUT2D eigenvalue weighted by Gasteiger charge is 2.30. The monoisotopic (exact) mass is 490 g/mol. The van der Waals surface area contributed by atoms with Crippen LogP contribution in [0.5, 0.6) is 0 Å². The topological polar surface area (TPSA) is 152 Å². The average Bonchev–Trinajstić information content (AvgIpc) is 2.82. The summed E-state index contributed by atoms with van der Waals surface area (Å²) in [5, 5.41) is 10.2. The first kappa shape index (κ1) is 27.6. The maximum absolute atomic E-state index is 12.8. The molecule has 35 heavy (non-hydrogen) atoms. The van der Waals surface area contributed by atoms with Gasteiger partial charge in [0.1, 0.15) is 31.3 Å². The lowest BCUT2D eigenvalue weighted by atomic mass is 10.0. The number of carbonyl (C=O) groups is 5. The second-order valence-corrected chi connectivity index (χ2v) is 8.66. The summed E-state index contributed by atoms with van der Waals surface area (Å²) in [6.45, 7) is 4.79. The summed E-state index contributed by atoms with van der Waals surface area (Å²) >= 11 is 0. The van der Waals surface area contributed by atoms with Crippen LogP contribution in [0.3, 0.4) is 0 Å². The summed E-state index contributed by atoms with van der Waals surface area (Å²) in [5.74, 6) is -2.46. The van der Waals surface area contributed by atoms with E-state index in [1.807, 2.05) is 6.07 Å². The fourth-order valence-corrected chi connectivity index (χ4v) is 3.24. The molecule has 0 radical (unpaired) electrons. The quantitative estimate of drug-likeness (QED) is 0.455. The van der Waals surface area contributed by atoms with Crippen molar-refractivity contribution in [1.82, 2.24) is 21.3 Å².